The van der Waals surface area contributed by atoms with Gasteiger partial charge in [-0.3, -0.25) is 4.21 Å². The Kier molecular flexibility index (Phi) is 3.61. The van der Waals surface area contributed by atoms with Crippen LogP contribution in [0.15, 0.2) is 0 Å². The first-order chi connectivity index (χ1) is 8.08. The van der Waals surface area contributed by atoms with E-state index in [-0.39, 0.29) is 0 Å². The van der Waals surface area contributed by atoms with Gasteiger partial charge in [0.15, 0.2) is 0 Å². The Bertz CT molecular complexity index is 445. The predicted octanol–water partition coefficient (Wildman–Crippen LogP) is 1.04. The number of nitrogens with two attached hydrogens (primary N) is 1. The van der Waals surface area contributed by atoms with Gasteiger partial charge in [0, 0.05) is 40.8 Å². The van der Waals surface area contributed by atoms with Crippen molar-refractivity contribution in [3.05, 3.63) is 11.4 Å². The molecule has 0 bridgehead atoms. The lowest BCUT2D eigenvalue weighted by Gasteiger charge is -2.11. The summed E-state index contributed by atoms with van der Waals surface area (Å²) in [7, 11) is -0.790. The summed E-state index contributed by atoms with van der Waals surface area (Å²) in [5, 5.41) is 3.18. The Balaban J connectivity index is 2.11. The molecule has 1 aromatic heterocycles. The molecule has 2 rings (SSSR count). The molecule has 1 heterocycles. The van der Waals surface area contributed by atoms with Crippen molar-refractivity contribution < 1.29 is 4.21 Å². The molecule has 17 heavy (non-hydrogen) atoms. The molecule has 3 N–H and O–H groups in total. The predicted molar refractivity (Wildman–Crippen MR) is 70.6 cm³/mol. The number of nitrogen functional groups attached to an aromatic ring is 1. The third-order valence-electron chi connectivity index (χ3n) is 2.83. The number of anilines is 2. The molecule has 0 aliphatic heterocycles. The van der Waals surface area contributed by atoms with Gasteiger partial charge in [0.1, 0.15) is 17.5 Å². The van der Waals surface area contributed by atoms with E-state index in [1.807, 2.05) is 6.92 Å². The van der Waals surface area contributed by atoms with Crippen molar-refractivity contribution in [3.8, 4) is 0 Å². The van der Waals surface area contributed by atoms with Crippen LogP contribution in [0.25, 0.3) is 0 Å². The van der Waals surface area contributed by atoms with Gasteiger partial charge in [-0.25, -0.2) is 9.97 Å². The van der Waals surface area contributed by atoms with E-state index in [0.717, 1.165) is 30.0 Å². The second kappa shape index (κ2) is 5.00. The number of hydrogen-bond donors (Lipinski definition) is 2. The molecule has 0 amide bonds. The summed E-state index contributed by atoms with van der Waals surface area (Å²) in [5.74, 6) is 3.26. The second-order valence-electron chi connectivity index (χ2n) is 4.42. The van der Waals surface area contributed by atoms with E-state index in [9.17, 15) is 4.21 Å². The van der Waals surface area contributed by atoms with Crippen molar-refractivity contribution in [2.75, 3.05) is 29.6 Å². The molecule has 1 fully saturated rings. The first kappa shape index (κ1) is 12.3. The van der Waals surface area contributed by atoms with Gasteiger partial charge in [-0.1, -0.05) is 0 Å². The highest BCUT2D eigenvalue weighted by atomic mass is 32.2. The zero-order chi connectivity index (χ0) is 12.4. The molecule has 1 aliphatic carbocycles. The third kappa shape index (κ3) is 3.15. The van der Waals surface area contributed by atoms with E-state index in [4.69, 9.17) is 5.73 Å². The van der Waals surface area contributed by atoms with E-state index in [1.165, 1.54) is 0 Å². The summed E-state index contributed by atoms with van der Waals surface area (Å²) in [5.41, 5.74) is 6.74. The Labute approximate surface area is 104 Å². The van der Waals surface area contributed by atoms with Crippen molar-refractivity contribution >= 4 is 22.4 Å². The minimum atomic E-state index is -0.790. The summed E-state index contributed by atoms with van der Waals surface area (Å²) in [6.07, 6.45) is 4.00. The van der Waals surface area contributed by atoms with Gasteiger partial charge < -0.3 is 11.1 Å². The zero-order valence-corrected chi connectivity index (χ0v) is 11.0. The summed E-state index contributed by atoms with van der Waals surface area (Å²) >= 11 is 0. The fourth-order valence-electron chi connectivity index (χ4n) is 1.56. The first-order valence-electron chi connectivity index (χ1n) is 5.76. The topological polar surface area (TPSA) is 80.9 Å². The lowest BCUT2D eigenvalue weighted by atomic mass is 10.3. The Hall–Kier alpha value is -1.17. The van der Waals surface area contributed by atoms with Crippen molar-refractivity contribution in [2.45, 2.75) is 25.7 Å². The van der Waals surface area contributed by atoms with Crippen LogP contribution in [0.3, 0.4) is 0 Å². The normalized spacial score (nSPS) is 16.8. The lowest BCUT2D eigenvalue weighted by Crippen LogP contribution is -2.14. The average Bonchev–Trinajstić information content (AvgIpc) is 3.07. The van der Waals surface area contributed by atoms with Crippen LogP contribution < -0.4 is 11.1 Å². The Morgan fingerprint density at radius 3 is 2.76 bits per heavy atom. The largest absolute Gasteiger partial charge is 0.383 e. The molecule has 5 nitrogen and oxygen atoms in total. The SMILES string of the molecule is Cc1c(N)nc(C2CC2)nc1NCCS(C)=O. The minimum absolute atomic E-state index is 0.485. The van der Waals surface area contributed by atoms with Gasteiger partial charge in [0.05, 0.1) is 0 Å². The van der Waals surface area contributed by atoms with Crippen molar-refractivity contribution in [2.24, 2.45) is 0 Å². The molecule has 1 unspecified atom stereocenters. The Morgan fingerprint density at radius 1 is 1.47 bits per heavy atom. The summed E-state index contributed by atoms with van der Waals surface area (Å²) in [6, 6.07) is 0. The van der Waals surface area contributed by atoms with Crippen LogP contribution in [0, 0.1) is 6.92 Å². The van der Waals surface area contributed by atoms with Gasteiger partial charge in [0.2, 0.25) is 0 Å². The molecule has 1 aliphatic rings. The number of nitrogens with zero attached hydrogens (tertiary/aromatic N) is 2. The van der Waals surface area contributed by atoms with Gasteiger partial charge in [-0.2, -0.15) is 0 Å². The first-order valence-corrected chi connectivity index (χ1v) is 7.48. The maximum absolute atomic E-state index is 11.0. The summed E-state index contributed by atoms with van der Waals surface area (Å²) in [6.45, 7) is 2.54. The standard InChI is InChI=1S/C11H18N4OS/c1-7-9(12)14-11(8-3-4-8)15-10(7)13-5-6-17(2)16/h8H,3-6H2,1-2H3,(H3,12,13,14,15). The molecule has 1 aromatic rings. The highest BCUT2D eigenvalue weighted by molar-refractivity contribution is 7.84. The molecular formula is C11H18N4OS. The fourth-order valence-corrected chi connectivity index (χ4v) is 1.95. The maximum Gasteiger partial charge on any atom is 0.136 e. The van der Waals surface area contributed by atoms with E-state index in [0.29, 0.717) is 24.0 Å². The third-order valence-corrected chi connectivity index (χ3v) is 3.60. The number of aromatic nitrogens is 2. The van der Waals surface area contributed by atoms with Crippen LogP contribution in [0.5, 0.6) is 0 Å². The summed E-state index contributed by atoms with van der Waals surface area (Å²) in [4.78, 5) is 8.80. The summed E-state index contributed by atoms with van der Waals surface area (Å²) < 4.78 is 11.0. The highest BCUT2D eigenvalue weighted by Crippen LogP contribution is 2.39. The van der Waals surface area contributed by atoms with E-state index >= 15 is 0 Å². The molecular weight excluding hydrogens is 236 g/mol. The highest BCUT2D eigenvalue weighted by Gasteiger charge is 2.27. The minimum Gasteiger partial charge on any atom is -0.383 e. The molecule has 0 saturated heterocycles. The molecule has 0 spiro atoms. The second-order valence-corrected chi connectivity index (χ2v) is 5.97. The lowest BCUT2D eigenvalue weighted by molar-refractivity contribution is 0.687. The van der Waals surface area contributed by atoms with Crippen molar-refractivity contribution in [1.82, 2.24) is 9.97 Å². The molecule has 1 atom stereocenters. The average molecular weight is 254 g/mol. The molecule has 0 radical (unpaired) electrons. The van der Waals surface area contributed by atoms with Gasteiger partial charge in [-0.05, 0) is 19.8 Å². The van der Waals surface area contributed by atoms with Crippen LogP contribution in [0.1, 0.15) is 30.1 Å². The molecule has 6 heteroatoms. The smallest absolute Gasteiger partial charge is 0.136 e. The van der Waals surface area contributed by atoms with Gasteiger partial charge in [-0.15, -0.1) is 0 Å². The van der Waals surface area contributed by atoms with Crippen LogP contribution in [0.4, 0.5) is 11.6 Å². The van der Waals surface area contributed by atoms with Crippen LogP contribution >= 0.6 is 0 Å². The van der Waals surface area contributed by atoms with Crippen molar-refractivity contribution in [3.63, 3.8) is 0 Å². The van der Waals surface area contributed by atoms with Gasteiger partial charge >= 0.3 is 0 Å². The Morgan fingerprint density at radius 2 is 2.18 bits per heavy atom. The molecule has 0 aromatic carbocycles. The number of hydrogen-bond acceptors (Lipinski definition) is 5. The van der Waals surface area contributed by atoms with Gasteiger partial charge in [0.25, 0.3) is 0 Å². The quantitative estimate of drug-likeness (QED) is 0.820. The number of nitrogens with one attached hydrogen (secondary N) is 1. The van der Waals surface area contributed by atoms with E-state index < -0.39 is 10.8 Å². The molecule has 94 valence electrons. The maximum atomic E-state index is 11.0. The van der Waals surface area contributed by atoms with Crippen LogP contribution in [0.2, 0.25) is 0 Å². The fraction of sp³-hybridized carbons (Fsp3) is 0.636. The zero-order valence-electron chi connectivity index (χ0n) is 10.2. The number of rotatable bonds is 5. The van der Waals surface area contributed by atoms with Crippen molar-refractivity contribution in [1.29, 1.82) is 0 Å². The van der Waals surface area contributed by atoms with E-state index in [2.05, 4.69) is 15.3 Å². The van der Waals surface area contributed by atoms with Crippen LogP contribution in [-0.4, -0.2) is 32.7 Å². The van der Waals surface area contributed by atoms with Crippen LogP contribution in [-0.2, 0) is 10.8 Å². The monoisotopic (exact) mass is 254 g/mol. The molecule has 1 saturated carbocycles. The van der Waals surface area contributed by atoms with E-state index in [1.54, 1.807) is 6.26 Å².